The number of hydrogen-bond donors (Lipinski definition) is 1. The van der Waals surface area contributed by atoms with E-state index < -0.39 is 0 Å². The van der Waals surface area contributed by atoms with Gasteiger partial charge in [-0.1, -0.05) is 6.92 Å². The van der Waals surface area contributed by atoms with Crippen molar-refractivity contribution in [3.8, 4) is 17.2 Å². The molecule has 0 aliphatic heterocycles. The first-order chi connectivity index (χ1) is 8.67. The van der Waals surface area contributed by atoms with E-state index in [0.717, 1.165) is 12.2 Å². The highest BCUT2D eigenvalue weighted by atomic mass is 16.5. The summed E-state index contributed by atoms with van der Waals surface area (Å²) >= 11 is 0. The van der Waals surface area contributed by atoms with Crippen LogP contribution < -0.4 is 15.2 Å². The third-order valence-electron chi connectivity index (χ3n) is 2.29. The van der Waals surface area contributed by atoms with Crippen molar-refractivity contribution in [3.63, 3.8) is 0 Å². The lowest BCUT2D eigenvalue weighted by molar-refractivity contribution is 0.316. The van der Waals surface area contributed by atoms with Gasteiger partial charge >= 0.3 is 0 Å². The van der Waals surface area contributed by atoms with Crippen LogP contribution in [0, 0.1) is 0 Å². The van der Waals surface area contributed by atoms with Crippen LogP contribution in [0.4, 0.5) is 5.69 Å². The van der Waals surface area contributed by atoms with Crippen LogP contribution in [-0.2, 0) is 7.05 Å². The molecule has 5 heteroatoms. The molecule has 0 amide bonds. The first kappa shape index (κ1) is 12.3. The van der Waals surface area contributed by atoms with E-state index in [1.165, 1.54) is 0 Å². The topological polar surface area (TPSA) is 62.3 Å². The number of aryl methyl sites for hydroxylation is 1. The summed E-state index contributed by atoms with van der Waals surface area (Å²) in [7, 11) is 1.84. The average molecular weight is 247 g/mol. The highest BCUT2D eigenvalue weighted by molar-refractivity contribution is 5.51. The molecule has 0 saturated heterocycles. The number of aromatic nitrogens is 2. The average Bonchev–Trinajstić information content (AvgIpc) is 2.71. The van der Waals surface area contributed by atoms with E-state index >= 15 is 0 Å². The SMILES string of the molecule is CCCOc1cc(N)cc(Oc2cnn(C)c2)c1. The standard InChI is InChI=1S/C13H17N3O2/c1-3-4-17-11-5-10(14)6-12(7-11)18-13-8-15-16(2)9-13/h5-9H,3-4,14H2,1-2H3. The molecule has 0 atom stereocenters. The van der Waals surface area contributed by atoms with Crippen molar-refractivity contribution >= 4 is 5.69 Å². The molecule has 2 rings (SSSR count). The Morgan fingerprint density at radius 1 is 1.22 bits per heavy atom. The number of hydrogen-bond acceptors (Lipinski definition) is 4. The number of rotatable bonds is 5. The summed E-state index contributed by atoms with van der Waals surface area (Å²) in [6.45, 7) is 2.72. The van der Waals surface area contributed by atoms with Gasteiger partial charge in [0.25, 0.3) is 0 Å². The monoisotopic (exact) mass is 247 g/mol. The van der Waals surface area contributed by atoms with Crippen molar-refractivity contribution in [2.24, 2.45) is 7.05 Å². The van der Waals surface area contributed by atoms with Crippen molar-refractivity contribution in [1.29, 1.82) is 0 Å². The molecule has 1 aromatic carbocycles. The number of benzene rings is 1. The highest BCUT2D eigenvalue weighted by Gasteiger charge is 2.04. The van der Waals surface area contributed by atoms with E-state index in [2.05, 4.69) is 12.0 Å². The summed E-state index contributed by atoms with van der Waals surface area (Å²) in [6, 6.07) is 5.36. The van der Waals surface area contributed by atoms with Gasteiger partial charge in [-0.25, -0.2) is 0 Å². The van der Waals surface area contributed by atoms with Crippen LogP contribution in [-0.4, -0.2) is 16.4 Å². The molecule has 2 aromatic rings. The Labute approximate surface area is 106 Å². The first-order valence-corrected chi connectivity index (χ1v) is 5.87. The molecule has 18 heavy (non-hydrogen) atoms. The predicted octanol–water partition coefficient (Wildman–Crippen LogP) is 2.58. The summed E-state index contributed by atoms with van der Waals surface area (Å²) < 4.78 is 12.9. The van der Waals surface area contributed by atoms with Crippen molar-refractivity contribution in [1.82, 2.24) is 9.78 Å². The molecular formula is C13H17N3O2. The molecule has 5 nitrogen and oxygen atoms in total. The second-order valence-corrected chi connectivity index (χ2v) is 4.04. The van der Waals surface area contributed by atoms with Gasteiger partial charge in [0.2, 0.25) is 0 Å². The maximum Gasteiger partial charge on any atom is 0.165 e. The zero-order valence-corrected chi connectivity index (χ0v) is 10.6. The Balaban J connectivity index is 2.14. The molecule has 0 radical (unpaired) electrons. The van der Waals surface area contributed by atoms with Gasteiger partial charge in [0.05, 0.1) is 19.0 Å². The molecule has 0 aliphatic rings. The summed E-state index contributed by atoms with van der Waals surface area (Å²) in [6.07, 6.45) is 4.39. The van der Waals surface area contributed by atoms with Gasteiger partial charge in [-0.3, -0.25) is 4.68 Å². The summed E-state index contributed by atoms with van der Waals surface area (Å²) in [5, 5.41) is 4.04. The van der Waals surface area contributed by atoms with Gasteiger partial charge in [0.15, 0.2) is 5.75 Å². The normalized spacial score (nSPS) is 10.3. The fraction of sp³-hybridized carbons (Fsp3) is 0.308. The van der Waals surface area contributed by atoms with Crippen LogP contribution in [0.2, 0.25) is 0 Å². The fourth-order valence-electron chi connectivity index (χ4n) is 1.54. The van der Waals surface area contributed by atoms with Crippen LogP contribution in [0.25, 0.3) is 0 Å². The van der Waals surface area contributed by atoms with Gasteiger partial charge in [-0.05, 0) is 6.42 Å². The van der Waals surface area contributed by atoms with Crippen LogP contribution in [0.15, 0.2) is 30.6 Å². The lowest BCUT2D eigenvalue weighted by Crippen LogP contribution is -1.97. The molecule has 0 aliphatic carbocycles. The van der Waals surface area contributed by atoms with E-state index in [4.69, 9.17) is 15.2 Å². The first-order valence-electron chi connectivity index (χ1n) is 5.87. The van der Waals surface area contributed by atoms with Gasteiger partial charge < -0.3 is 15.2 Å². The second kappa shape index (κ2) is 5.44. The molecule has 2 N–H and O–H groups in total. The maximum atomic E-state index is 5.81. The van der Waals surface area contributed by atoms with Crippen molar-refractivity contribution in [3.05, 3.63) is 30.6 Å². The van der Waals surface area contributed by atoms with Gasteiger partial charge in [0.1, 0.15) is 11.5 Å². The number of nitrogens with two attached hydrogens (primary N) is 1. The van der Waals surface area contributed by atoms with Crippen molar-refractivity contribution in [2.45, 2.75) is 13.3 Å². The van der Waals surface area contributed by atoms with Gasteiger partial charge in [0, 0.05) is 30.9 Å². The van der Waals surface area contributed by atoms with Crippen molar-refractivity contribution in [2.75, 3.05) is 12.3 Å². The third-order valence-corrected chi connectivity index (χ3v) is 2.29. The maximum absolute atomic E-state index is 5.81. The van der Waals surface area contributed by atoms with E-state index in [9.17, 15) is 0 Å². The molecule has 0 spiro atoms. The Kier molecular flexibility index (Phi) is 3.72. The predicted molar refractivity (Wildman–Crippen MR) is 69.9 cm³/mol. The smallest absolute Gasteiger partial charge is 0.165 e. The van der Waals surface area contributed by atoms with Crippen LogP contribution >= 0.6 is 0 Å². The molecule has 1 aromatic heterocycles. The lowest BCUT2D eigenvalue weighted by atomic mass is 10.3. The molecule has 0 unspecified atom stereocenters. The number of nitrogen functional groups attached to an aromatic ring is 1. The zero-order chi connectivity index (χ0) is 13.0. The summed E-state index contributed by atoms with van der Waals surface area (Å²) in [5.74, 6) is 2.04. The van der Waals surface area contributed by atoms with E-state index in [1.54, 1.807) is 29.2 Å². The van der Waals surface area contributed by atoms with Crippen LogP contribution in [0.5, 0.6) is 17.2 Å². The van der Waals surface area contributed by atoms with E-state index in [-0.39, 0.29) is 0 Å². The number of nitrogens with zero attached hydrogens (tertiary/aromatic N) is 2. The van der Waals surface area contributed by atoms with Crippen LogP contribution in [0.1, 0.15) is 13.3 Å². The minimum atomic E-state index is 0.613. The molecule has 0 bridgehead atoms. The minimum absolute atomic E-state index is 0.613. The largest absolute Gasteiger partial charge is 0.493 e. The summed E-state index contributed by atoms with van der Waals surface area (Å²) in [4.78, 5) is 0. The fourth-order valence-corrected chi connectivity index (χ4v) is 1.54. The minimum Gasteiger partial charge on any atom is -0.493 e. The van der Waals surface area contributed by atoms with E-state index in [1.807, 2.05) is 13.1 Å². The molecule has 0 fully saturated rings. The van der Waals surface area contributed by atoms with Gasteiger partial charge in [-0.2, -0.15) is 5.10 Å². The van der Waals surface area contributed by atoms with E-state index in [0.29, 0.717) is 23.8 Å². The molecule has 0 saturated carbocycles. The lowest BCUT2D eigenvalue weighted by Gasteiger charge is -2.09. The number of ether oxygens (including phenoxy) is 2. The molecular weight excluding hydrogens is 230 g/mol. The third kappa shape index (κ3) is 3.16. The Morgan fingerprint density at radius 2 is 2.00 bits per heavy atom. The van der Waals surface area contributed by atoms with Gasteiger partial charge in [-0.15, -0.1) is 0 Å². The molecule has 96 valence electrons. The Morgan fingerprint density at radius 3 is 2.67 bits per heavy atom. The Hall–Kier alpha value is -2.17. The van der Waals surface area contributed by atoms with Crippen molar-refractivity contribution < 1.29 is 9.47 Å². The number of anilines is 1. The quantitative estimate of drug-likeness (QED) is 0.825. The second-order valence-electron chi connectivity index (χ2n) is 4.04. The molecule has 1 heterocycles. The summed E-state index contributed by atoms with van der Waals surface area (Å²) in [5.41, 5.74) is 6.42. The highest BCUT2D eigenvalue weighted by Crippen LogP contribution is 2.28. The van der Waals surface area contributed by atoms with Crippen LogP contribution in [0.3, 0.4) is 0 Å². The zero-order valence-electron chi connectivity index (χ0n) is 10.6. The Bertz CT molecular complexity index is 523.